The van der Waals surface area contributed by atoms with E-state index in [2.05, 4.69) is 10.6 Å². The van der Waals surface area contributed by atoms with Gasteiger partial charge < -0.3 is 20.1 Å². The van der Waals surface area contributed by atoms with E-state index in [0.29, 0.717) is 36.0 Å². The number of nitrogens with one attached hydrogen (secondary N) is 2. The molecule has 0 bridgehead atoms. The number of anilines is 2. The molecule has 2 N–H and O–H groups in total. The lowest BCUT2D eigenvalue weighted by molar-refractivity contribution is -0.116. The molecule has 1 atom stereocenters. The van der Waals surface area contributed by atoms with E-state index in [0.717, 1.165) is 12.1 Å². The van der Waals surface area contributed by atoms with Gasteiger partial charge in [0.2, 0.25) is 5.91 Å². The smallest absolute Gasteiger partial charge is 0.246 e. The molecule has 26 heavy (non-hydrogen) atoms. The normalized spacial score (nSPS) is 14.1. The maximum atomic E-state index is 12.4. The standard InChI is InChI=1S/C20H22N2O4/c1-13(20(24)22-16-6-3-5-15(11-16)14(2)23)21-17-7-8-18-19(12-17)26-10-4-9-25-18/h3,5-8,11-13,21H,4,9-10H2,1-2H3,(H,22,24). The highest BCUT2D eigenvalue weighted by molar-refractivity contribution is 5.99. The molecule has 0 aromatic heterocycles. The summed E-state index contributed by atoms with van der Waals surface area (Å²) in [5, 5.41) is 5.98. The van der Waals surface area contributed by atoms with Crippen molar-refractivity contribution >= 4 is 23.1 Å². The Balaban J connectivity index is 1.65. The molecule has 136 valence electrons. The summed E-state index contributed by atoms with van der Waals surface area (Å²) in [5.41, 5.74) is 1.93. The Kier molecular flexibility index (Phi) is 5.41. The zero-order valence-electron chi connectivity index (χ0n) is 14.9. The number of Topliss-reactive ketones (excluding diaryl/α,β-unsaturated/α-hetero) is 1. The maximum absolute atomic E-state index is 12.4. The number of rotatable bonds is 5. The van der Waals surface area contributed by atoms with Gasteiger partial charge in [0, 0.05) is 29.4 Å². The molecule has 0 saturated carbocycles. The zero-order valence-corrected chi connectivity index (χ0v) is 14.9. The van der Waals surface area contributed by atoms with E-state index < -0.39 is 6.04 Å². The van der Waals surface area contributed by atoms with Gasteiger partial charge in [-0.2, -0.15) is 0 Å². The van der Waals surface area contributed by atoms with E-state index in [1.54, 1.807) is 31.2 Å². The van der Waals surface area contributed by atoms with Crippen molar-refractivity contribution in [3.8, 4) is 11.5 Å². The van der Waals surface area contributed by atoms with E-state index >= 15 is 0 Å². The summed E-state index contributed by atoms with van der Waals surface area (Å²) in [6.45, 7) is 4.51. The molecule has 3 rings (SSSR count). The van der Waals surface area contributed by atoms with Crippen LogP contribution in [0.5, 0.6) is 11.5 Å². The number of amides is 1. The summed E-state index contributed by atoms with van der Waals surface area (Å²) in [6.07, 6.45) is 0.843. The summed E-state index contributed by atoms with van der Waals surface area (Å²) in [5.74, 6) is 1.15. The topological polar surface area (TPSA) is 76.7 Å². The molecule has 0 fully saturated rings. The summed E-state index contributed by atoms with van der Waals surface area (Å²) in [6, 6.07) is 11.9. The lowest BCUT2D eigenvalue weighted by Gasteiger charge is -2.17. The Hall–Kier alpha value is -3.02. The van der Waals surface area contributed by atoms with Gasteiger partial charge in [-0.1, -0.05) is 12.1 Å². The van der Waals surface area contributed by atoms with Crippen molar-refractivity contribution in [2.75, 3.05) is 23.8 Å². The summed E-state index contributed by atoms with van der Waals surface area (Å²) < 4.78 is 11.3. The Morgan fingerprint density at radius 1 is 1.00 bits per heavy atom. The van der Waals surface area contributed by atoms with Crippen LogP contribution in [-0.2, 0) is 4.79 Å². The average Bonchev–Trinajstić information content (AvgIpc) is 2.86. The first-order valence-corrected chi connectivity index (χ1v) is 8.61. The molecule has 6 nitrogen and oxygen atoms in total. The van der Waals surface area contributed by atoms with Crippen LogP contribution in [0.1, 0.15) is 30.6 Å². The van der Waals surface area contributed by atoms with Gasteiger partial charge in [-0.15, -0.1) is 0 Å². The third kappa shape index (κ3) is 4.33. The predicted octanol–water partition coefficient (Wildman–Crippen LogP) is 3.49. The molecule has 1 aliphatic heterocycles. The number of ketones is 1. The molecule has 1 aliphatic rings. The zero-order chi connectivity index (χ0) is 18.5. The van der Waals surface area contributed by atoms with E-state index in [9.17, 15) is 9.59 Å². The van der Waals surface area contributed by atoms with Gasteiger partial charge in [0.1, 0.15) is 6.04 Å². The molecule has 1 amide bonds. The number of hydrogen-bond acceptors (Lipinski definition) is 5. The fraction of sp³-hybridized carbons (Fsp3) is 0.300. The van der Waals surface area contributed by atoms with E-state index in [1.807, 2.05) is 18.2 Å². The highest BCUT2D eigenvalue weighted by atomic mass is 16.5. The monoisotopic (exact) mass is 354 g/mol. The molecule has 0 spiro atoms. The second kappa shape index (κ2) is 7.91. The van der Waals surface area contributed by atoms with Crippen LogP contribution >= 0.6 is 0 Å². The van der Waals surface area contributed by atoms with Crippen molar-refractivity contribution in [3.05, 3.63) is 48.0 Å². The Morgan fingerprint density at radius 3 is 2.54 bits per heavy atom. The third-order valence-electron chi connectivity index (χ3n) is 4.06. The summed E-state index contributed by atoms with van der Waals surface area (Å²) in [7, 11) is 0. The van der Waals surface area contributed by atoms with Crippen LogP contribution in [0.25, 0.3) is 0 Å². The van der Waals surface area contributed by atoms with Gasteiger partial charge in [0.25, 0.3) is 0 Å². The molecule has 0 saturated heterocycles. The third-order valence-corrected chi connectivity index (χ3v) is 4.06. The number of fused-ring (bicyclic) bond motifs is 1. The first-order chi connectivity index (χ1) is 12.5. The lowest BCUT2D eigenvalue weighted by Crippen LogP contribution is -2.31. The van der Waals surface area contributed by atoms with Crippen LogP contribution < -0.4 is 20.1 Å². The van der Waals surface area contributed by atoms with Gasteiger partial charge >= 0.3 is 0 Å². The van der Waals surface area contributed by atoms with Crippen molar-refractivity contribution < 1.29 is 19.1 Å². The van der Waals surface area contributed by atoms with Crippen molar-refractivity contribution in [1.82, 2.24) is 0 Å². The Labute approximate surface area is 152 Å². The van der Waals surface area contributed by atoms with Crippen LogP contribution in [-0.4, -0.2) is 30.9 Å². The number of carbonyl (C=O) groups is 2. The molecule has 2 aromatic rings. The Bertz CT molecular complexity index is 819. The van der Waals surface area contributed by atoms with Gasteiger partial charge in [-0.05, 0) is 38.1 Å². The number of benzene rings is 2. The van der Waals surface area contributed by atoms with E-state index in [-0.39, 0.29) is 11.7 Å². The largest absolute Gasteiger partial charge is 0.490 e. The van der Waals surface area contributed by atoms with Gasteiger partial charge in [0.15, 0.2) is 17.3 Å². The second-order valence-corrected chi connectivity index (χ2v) is 6.20. The van der Waals surface area contributed by atoms with Gasteiger partial charge in [0.05, 0.1) is 13.2 Å². The number of ether oxygens (including phenoxy) is 2. The van der Waals surface area contributed by atoms with Gasteiger partial charge in [-0.25, -0.2) is 0 Å². The molecular formula is C20H22N2O4. The molecule has 0 radical (unpaired) electrons. The quantitative estimate of drug-likeness (QED) is 0.804. The number of hydrogen-bond donors (Lipinski definition) is 2. The van der Waals surface area contributed by atoms with Crippen molar-refractivity contribution in [2.24, 2.45) is 0 Å². The van der Waals surface area contributed by atoms with Crippen molar-refractivity contribution in [2.45, 2.75) is 26.3 Å². The first-order valence-electron chi connectivity index (χ1n) is 8.61. The fourth-order valence-corrected chi connectivity index (χ4v) is 2.64. The van der Waals surface area contributed by atoms with Crippen LogP contribution in [0.2, 0.25) is 0 Å². The predicted molar refractivity (Wildman–Crippen MR) is 100 cm³/mol. The van der Waals surface area contributed by atoms with Crippen LogP contribution in [0.4, 0.5) is 11.4 Å². The molecule has 2 aromatic carbocycles. The maximum Gasteiger partial charge on any atom is 0.246 e. The highest BCUT2D eigenvalue weighted by Crippen LogP contribution is 2.32. The SMILES string of the molecule is CC(=O)c1cccc(NC(=O)C(C)Nc2ccc3c(c2)OCCCO3)c1. The summed E-state index contributed by atoms with van der Waals surface area (Å²) in [4.78, 5) is 23.9. The van der Waals surface area contributed by atoms with E-state index in [1.165, 1.54) is 6.92 Å². The van der Waals surface area contributed by atoms with E-state index in [4.69, 9.17) is 9.47 Å². The minimum Gasteiger partial charge on any atom is -0.490 e. The summed E-state index contributed by atoms with van der Waals surface area (Å²) >= 11 is 0. The van der Waals surface area contributed by atoms with Gasteiger partial charge in [-0.3, -0.25) is 9.59 Å². The molecule has 0 aliphatic carbocycles. The molecule has 6 heteroatoms. The molecule has 1 unspecified atom stereocenters. The molecular weight excluding hydrogens is 332 g/mol. The Morgan fingerprint density at radius 2 is 1.77 bits per heavy atom. The fourth-order valence-electron chi connectivity index (χ4n) is 2.64. The minimum atomic E-state index is -0.472. The highest BCUT2D eigenvalue weighted by Gasteiger charge is 2.16. The molecule has 1 heterocycles. The first kappa shape index (κ1) is 17.8. The van der Waals surface area contributed by atoms with Crippen LogP contribution in [0.15, 0.2) is 42.5 Å². The minimum absolute atomic E-state index is 0.0422. The lowest BCUT2D eigenvalue weighted by atomic mass is 10.1. The number of carbonyl (C=O) groups excluding carboxylic acids is 2. The van der Waals surface area contributed by atoms with Crippen LogP contribution in [0, 0.1) is 0 Å². The van der Waals surface area contributed by atoms with Crippen LogP contribution in [0.3, 0.4) is 0 Å². The van der Waals surface area contributed by atoms with Crippen molar-refractivity contribution in [3.63, 3.8) is 0 Å². The van der Waals surface area contributed by atoms with Crippen molar-refractivity contribution in [1.29, 1.82) is 0 Å². The second-order valence-electron chi connectivity index (χ2n) is 6.20. The average molecular weight is 354 g/mol.